The molecule has 1 aromatic carbocycles. The van der Waals surface area contributed by atoms with E-state index in [2.05, 4.69) is 4.84 Å². The molecule has 0 aliphatic rings. The zero-order valence-electron chi connectivity index (χ0n) is 5.60. The van der Waals surface area contributed by atoms with E-state index in [1.807, 2.05) is 0 Å². The highest BCUT2D eigenvalue weighted by Gasteiger charge is 1.97. The Morgan fingerprint density at radius 2 is 2.20 bits per heavy atom. The van der Waals surface area contributed by atoms with E-state index < -0.39 is 0 Å². The summed E-state index contributed by atoms with van der Waals surface area (Å²) in [6.07, 6.45) is 0. The summed E-state index contributed by atoms with van der Waals surface area (Å²) in [5, 5.41) is 0. The molecule has 2 nitrogen and oxygen atoms in total. The molecule has 0 saturated carbocycles. The maximum Gasteiger partial charge on any atom is 0.149 e. The first-order valence-electron chi connectivity index (χ1n) is 2.87. The summed E-state index contributed by atoms with van der Waals surface area (Å²) in [7, 11) is 0. The average Bonchev–Trinajstić information content (AvgIpc) is 1.95. The van der Waals surface area contributed by atoms with Gasteiger partial charge in [-0.05, 0) is 18.6 Å². The highest BCUT2D eigenvalue weighted by atomic mass is 19.1. The van der Waals surface area contributed by atoms with Crippen molar-refractivity contribution in [3.8, 4) is 5.75 Å². The maximum atomic E-state index is 12.6. The Labute approximate surface area is 58.4 Å². The van der Waals surface area contributed by atoms with Crippen molar-refractivity contribution in [3.05, 3.63) is 29.6 Å². The van der Waals surface area contributed by atoms with Gasteiger partial charge in [-0.1, -0.05) is 6.07 Å². The van der Waals surface area contributed by atoms with E-state index in [-0.39, 0.29) is 5.82 Å². The van der Waals surface area contributed by atoms with Crippen LogP contribution in [0.3, 0.4) is 0 Å². The monoisotopic (exact) mass is 141 g/mol. The van der Waals surface area contributed by atoms with E-state index in [0.29, 0.717) is 11.3 Å². The predicted molar refractivity (Wildman–Crippen MR) is 36.0 cm³/mol. The Morgan fingerprint density at radius 3 is 2.70 bits per heavy atom. The molecule has 0 unspecified atom stereocenters. The van der Waals surface area contributed by atoms with Crippen molar-refractivity contribution in [3.63, 3.8) is 0 Å². The highest BCUT2D eigenvalue weighted by Crippen LogP contribution is 2.13. The zero-order valence-corrected chi connectivity index (χ0v) is 5.60. The SMILES string of the molecule is Cc1ccc(ON)cc1F. The smallest absolute Gasteiger partial charge is 0.149 e. The summed E-state index contributed by atoms with van der Waals surface area (Å²) in [6, 6.07) is 4.46. The molecule has 54 valence electrons. The fourth-order valence-corrected chi connectivity index (χ4v) is 0.647. The minimum Gasteiger partial charge on any atom is -0.411 e. The third kappa shape index (κ3) is 1.25. The van der Waals surface area contributed by atoms with Gasteiger partial charge in [0.05, 0.1) is 0 Å². The molecule has 0 aliphatic carbocycles. The van der Waals surface area contributed by atoms with Crippen LogP contribution in [0.5, 0.6) is 5.75 Å². The summed E-state index contributed by atoms with van der Waals surface area (Å²) in [4.78, 5) is 4.31. The van der Waals surface area contributed by atoms with E-state index in [4.69, 9.17) is 5.90 Å². The van der Waals surface area contributed by atoms with E-state index in [1.165, 1.54) is 6.07 Å². The van der Waals surface area contributed by atoms with Gasteiger partial charge in [-0.3, -0.25) is 0 Å². The van der Waals surface area contributed by atoms with Crippen LogP contribution in [0.25, 0.3) is 0 Å². The van der Waals surface area contributed by atoms with Crippen LogP contribution in [0.1, 0.15) is 5.56 Å². The van der Waals surface area contributed by atoms with Crippen molar-refractivity contribution in [2.24, 2.45) is 5.90 Å². The molecule has 0 atom stereocenters. The van der Waals surface area contributed by atoms with Gasteiger partial charge < -0.3 is 4.84 Å². The van der Waals surface area contributed by atoms with Crippen LogP contribution in [-0.2, 0) is 0 Å². The fraction of sp³-hybridized carbons (Fsp3) is 0.143. The zero-order chi connectivity index (χ0) is 7.56. The summed E-state index contributed by atoms with van der Waals surface area (Å²) in [6.45, 7) is 1.68. The molecule has 0 radical (unpaired) electrons. The molecule has 0 heterocycles. The van der Waals surface area contributed by atoms with Gasteiger partial charge in [-0.15, -0.1) is 0 Å². The third-order valence-electron chi connectivity index (χ3n) is 1.28. The number of hydrogen-bond acceptors (Lipinski definition) is 2. The largest absolute Gasteiger partial charge is 0.411 e. The lowest BCUT2D eigenvalue weighted by Crippen LogP contribution is -2.01. The predicted octanol–water partition coefficient (Wildman–Crippen LogP) is 1.39. The normalized spacial score (nSPS) is 9.50. The Balaban J connectivity index is 3.04. The van der Waals surface area contributed by atoms with Gasteiger partial charge in [-0.2, -0.15) is 5.90 Å². The van der Waals surface area contributed by atoms with Gasteiger partial charge in [0, 0.05) is 6.07 Å². The van der Waals surface area contributed by atoms with Gasteiger partial charge in [-0.25, -0.2) is 4.39 Å². The van der Waals surface area contributed by atoms with Crippen molar-refractivity contribution in [2.45, 2.75) is 6.92 Å². The van der Waals surface area contributed by atoms with Gasteiger partial charge in [0.15, 0.2) is 0 Å². The lowest BCUT2D eigenvalue weighted by Gasteiger charge is -1.98. The van der Waals surface area contributed by atoms with Crippen molar-refractivity contribution < 1.29 is 9.23 Å². The Kier molecular flexibility index (Phi) is 1.87. The number of halogens is 1. The van der Waals surface area contributed by atoms with E-state index in [1.54, 1.807) is 19.1 Å². The van der Waals surface area contributed by atoms with Crippen molar-refractivity contribution >= 4 is 0 Å². The second kappa shape index (κ2) is 2.66. The van der Waals surface area contributed by atoms with Crippen LogP contribution >= 0.6 is 0 Å². The quantitative estimate of drug-likeness (QED) is 0.600. The molecule has 2 N–H and O–H groups in total. The van der Waals surface area contributed by atoms with Gasteiger partial charge >= 0.3 is 0 Å². The van der Waals surface area contributed by atoms with Gasteiger partial charge in [0.1, 0.15) is 11.6 Å². The molecule has 1 aromatic rings. The van der Waals surface area contributed by atoms with E-state index in [9.17, 15) is 4.39 Å². The molecule has 3 heteroatoms. The number of aryl methyl sites for hydroxylation is 1. The second-order valence-electron chi connectivity index (χ2n) is 2.03. The molecule has 0 spiro atoms. The second-order valence-corrected chi connectivity index (χ2v) is 2.03. The van der Waals surface area contributed by atoms with Crippen LogP contribution < -0.4 is 10.7 Å². The minimum absolute atomic E-state index is 0.303. The summed E-state index contributed by atoms with van der Waals surface area (Å²) >= 11 is 0. The van der Waals surface area contributed by atoms with Crippen molar-refractivity contribution in [1.29, 1.82) is 0 Å². The summed E-state index contributed by atoms with van der Waals surface area (Å²) in [5.41, 5.74) is 0.584. The first-order chi connectivity index (χ1) is 4.74. The number of nitrogens with two attached hydrogens (primary N) is 1. The third-order valence-corrected chi connectivity index (χ3v) is 1.28. The summed E-state index contributed by atoms with van der Waals surface area (Å²) in [5.74, 6) is 4.84. The molecular weight excluding hydrogens is 133 g/mol. The van der Waals surface area contributed by atoms with Gasteiger partial charge in [0.25, 0.3) is 0 Å². The highest BCUT2D eigenvalue weighted by molar-refractivity contribution is 5.27. The first kappa shape index (κ1) is 7.02. The van der Waals surface area contributed by atoms with Crippen LogP contribution in [0.15, 0.2) is 18.2 Å². The standard InChI is InChI=1S/C7H8FNO/c1-5-2-3-6(10-9)4-7(5)8/h2-4H,9H2,1H3. The first-order valence-corrected chi connectivity index (χ1v) is 2.87. The van der Waals surface area contributed by atoms with Crippen LogP contribution in [0.4, 0.5) is 4.39 Å². The Hall–Kier alpha value is -1.09. The molecule has 0 aliphatic heterocycles. The topological polar surface area (TPSA) is 35.2 Å². The fourth-order valence-electron chi connectivity index (χ4n) is 0.647. The van der Waals surface area contributed by atoms with E-state index in [0.717, 1.165) is 0 Å². The lowest BCUT2D eigenvalue weighted by atomic mass is 10.2. The van der Waals surface area contributed by atoms with Crippen molar-refractivity contribution in [1.82, 2.24) is 0 Å². The Bertz CT molecular complexity index is 237. The molecule has 0 amide bonds. The molecule has 1 rings (SSSR count). The number of rotatable bonds is 1. The summed E-state index contributed by atoms with van der Waals surface area (Å²) < 4.78 is 12.6. The van der Waals surface area contributed by atoms with Crippen molar-refractivity contribution in [2.75, 3.05) is 0 Å². The van der Waals surface area contributed by atoms with Crippen LogP contribution in [-0.4, -0.2) is 0 Å². The van der Waals surface area contributed by atoms with Gasteiger partial charge in [0.2, 0.25) is 0 Å². The maximum absolute atomic E-state index is 12.6. The molecule has 10 heavy (non-hydrogen) atoms. The molecular formula is C7H8FNO. The molecule has 0 fully saturated rings. The van der Waals surface area contributed by atoms with Crippen LogP contribution in [0, 0.1) is 12.7 Å². The molecule has 0 saturated heterocycles. The van der Waals surface area contributed by atoms with E-state index >= 15 is 0 Å². The number of benzene rings is 1. The minimum atomic E-state index is -0.303. The molecule has 0 bridgehead atoms. The lowest BCUT2D eigenvalue weighted by molar-refractivity contribution is 0.332. The van der Waals surface area contributed by atoms with Crippen LogP contribution in [0.2, 0.25) is 0 Å². The molecule has 0 aromatic heterocycles. The number of hydrogen-bond donors (Lipinski definition) is 1. The Morgan fingerprint density at radius 1 is 1.50 bits per heavy atom. The average molecular weight is 141 g/mol.